The Morgan fingerprint density at radius 2 is 1.71 bits per heavy atom. The topological polar surface area (TPSA) is 67.9 Å². The van der Waals surface area contributed by atoms with Crippen molar-refractivity contribution in [2.45, 2.75) is 52.2 Å². The minimum absolute atomic E-state index is 0.0227. The van der Waals surface area contributed by atoms with Crippen molar-refractivity contribution in [2.24, 2.45) is 0 Å². The lowest BCUT2D eigenvalue weighted by molar-refractivity contribution is -0.140. The summed E-state index contributed by atoms with van der Waals surface area (Å²) in [4.78, 5) is 27.4. The molecule has 0 saturated heterocycles. The fourth-order valence-corrected chi connectivity index (χ4v) is 3.63. The molecule has 1 aliphatic heterocycles. The Bertz CT molecular complexity index is 965. The summed E-state index contributed by atoms with van der Waals surface area (Å²) in [5, 5.41) is 3.73. The maximum Gasteiger partial charge on any atom is 0.242 e. The number of fused-ring (bicyclic) bond motifs is 1. The number of rotatable bonds is 8. The van der Waals surface area contributed by atoms with Gasteiger partial charge in [-0.25, -0.2) is 0 Å². The van der Waals surface area contributed by atoms with Crippen LogP contribution in [0.3, 0.4) is 0 Å². The fourth-order valence-electron chi connectivity index (χ4n) is 3.31. The zero-order valence-electron chi connectivity index (χ0n) is 17.8. The molecule has 8 heteroatoms. The molecular weight excluding hydrogens is 439 g/mol. The predicted molar refractivity (Wildman–Crippen MR) is 121 cm³/mol. The second-order valence-electron chi connectivity index (χ2n) is 7.80. The van der Waals surface area contributed by atoms with Crippen LogP contribution in [0.15, 0.2) is 36.4 Å². The highest BCUT2D eigenvalue weighted by atomic mass is 35.5. The third-order valence-electron chi connectivity index (χ3n) is 5.00. The van der Waals surface area contributed by atoms with Crippen molar-refractivity contribution in [3.05, 3.63) is 57.6 Å². The first kappa shape index (κ1) is 23.2. The van der Waals surface area contributed by atoms with Crippen LogP contribution in [-0.4, -0.2) is 35.6 Å². The van der Waals surface area contributed by atoms with Gasteiger partial charge in [0, 0.05) is 19.0 Å². The quantitative estimate of drug-likeness (QED) is 0.619. The summed E-state index contributed by atoms with van der Waals surface area (Å²) in [7, 11) is 0. The van der Waals surface area contributed by atoms with Crippen LogP contribution in [0.4, 0.5) is 0 Å². The van der Waals surface area contributed by atoms with Crippen LogP contribution in [0.2, 0.25) is 10.0 Å². The number of amides is 2. The summed E-state index contributed by atoms with van der Waals surface area (Å²) >= 11 is 12.2. The predicted octanol–water partition coefficient (Wildman–Crippen LogP) is 4.60. The number of halogens is 2. The second kappa shape index (κ2) is 10.2. The monoisotopic (exact) mass is 464 g/mol. The van der Waals surface area contributed by atoms with Gasteiger partial charge in [-0.05, 0) is 62.6 Å². The van der Waals surface area contributed by atoms with E-state index in [-0.39, 0.29) is 37.6 Å². The van der Waals surface area contributed by atoms with Gasteiger partial charge in [0.05, 0.1) is 10.0 Å². The molecule has 0 bridgehead atoms. The molecule has 1 atom stereocenters. The van der Waals surface area contributed by atoms with Gasteiger partial charge in [0.15, 0.2) is 11.5 Å². The molecule has 2 aromatic rings. The van der Waals surface area contributed by atoms with Gasteiger partial charge in [-0.3, -0.25) is 9.59 Å². The average Bonchev–Trinajstić information content (AvgIpc) is 3.19. The Hall–Kier alpha value is -2.44. The number of hydrogen-bond donors (Lipinski definition) is 1. The number of carbonyl (C=O) groups is 2. The highest BCUT2D eigenvalue weighted by molar-refractivity contribution is 6.42. The number of nitrogens with zero attached hydrogens (tertiary/aromatic N) is 1. The number of benzene rings is 2. The van der Waals surface area contributed by atoms with Gasteiger partial charge in [-0.15, -0.1) is 0 Å². The third-order valence-corrected chi connectivity index (χ3v) is 5.74. The lowest BCUT2D eigenvalue weighted by Crippen LogP contribution is -2.49. The first-order chi connectivity index (χ1) is 14.7. The van der Waals surface area contributed by atoms with Crippen molar-refractivity contribution in [3.8, 4) is 11.5 Å². The minimum Gasteiger partial charge on any atom is -0.454 e. The van der Waals surface area contributed by atoms with Crippen molar-refractivity contribution < 1.29 is 19.1 Å². The van der Waals surface area contributed by atoms with Crippen molar-refractivity contribution >= 4 is 35.0 Å². The fraction of sp³-hybridized carbons (Fsp3) is 0.391. The number of ether oxygens (including phenoxy) is 2. The van der Waals surface area contributed by atoms with Crippen molar-refractivity contribution in [3.63, 3.8) is 0 Å². The molecule has 1 heterocycles. The first-order valence-corrected chi connectivity index (χ1v) is 10.9. The summed E-state index contributed by atoms with van der Waals surface area (Å²) in [5.41, 5.74) is 1.77. The average molecular weight is 465 g/mol. The van der Waals surface area contributed by atoms with Crippen molar-refractivity contribution in [1.82, 2.24) is 10.2 Å². The molecular formula is C23H26Cl2N2O4. The largest absolute Gasteiger partial charge is 0.454 e. The van der Waals surface area contributed by atoms with E-state index in [2.05, 4.69) is 5.32 Å². The molecule has 2 amide bonds. The lowest BCUT2D eigenvalue weighted by Gasteiger charge is -2.29. The Labute approximate surface area is 192 Å². The van der Waals surface area contributed by atoms with E-state index in [9.17, 15) is 9.59 Å². The molecule has 0 saturated carbocycles. The molecule has 1 aliphatic rings. The summed E-state index contributed by atoms with van der Waals surface area (Å²) in [5.74, 6) is 1.05. The highest BCUT2D eigenvalue weighted by Crippen LogP contribution is 2.33. The van der Waals surface area contributed by atoms with E-state index in [0.29, 0.717) is 28.0 Å². The van der Waals surface area contributed by atoms with Crippen molar-refractivity contribution in [2.75, 3.05) is 6.79 Å². The molecule has 0 spiro atoms. The van der Waals surface area contributed by atoms with Gasteiger partial charge in [-0.1, -0.05) is 35.3 Å². The van der Waals surface area contributed by atoms with Crippen LogP contribution in [0.25, 0.3) is 0 Å². The maximum absolute atomic E-state index is 13.2. The van der Waals surface area contributed by atoms with Crippen LogP contribution < -0.4 is 14.8 Å². The summed E-state index contributed by atoms with van der Waals surface area (Å²) in [6.07, 6.45) is 0.770. The van der Waals surface area contributed by atoms with Crippen LogP contribution >= 0.6 is 23.2 Å². The SMILES string of the molecule is CC(C)NC(=O)C(C)N(Cc1ccc(Cl)c(Cl)c1)C(=O)CCc1ccc2c(c1)OCO2. The summed E-state index contributed by atoms with van der Waals surface area (Å²) < 4.78 is 10.7. The normalized spacial score (nSPS) is 13.2. The van der Waals surface area contributed by atoms with E-state index in [0.717, 1.165) is 11.1 Å². The van der Waals surface area contributed by atoms with Crippen LogP contribution in [0, 0.1) is 0 Å². The van der Waals surface area contributed by atoms with Gasteiger partial charge in [0.1, 0.15) is 6.04 Å². The van der Waals surface area contributed by atoms with E-state index < -0.39 is 6.04 Å². The van der Waals surface area contributed by atoms with Gasteiger partial charge in [0.2, 0.25) is 18.6 Å². The molecule has 3 rings (SSSR count). The maximum atomic E-state index is 13.2. The minimum atomic E-state index is -0.638. The van der Waals surface area contributed by atoms with Crippen LogP contribution in [0.1, 0.15) is 38.3 Å². The van der Waals surface area contributed by atoms with Gasteiger partial charge in [-0.2, -0.15) is 0 Å². The molecule has 1 unspecified atom stereocenters. The Morgan fingerprint density at radius 1 is 1.00 bits per heavy atom. The zero-order valence-corrected chi connectivity index (χ0v) is 19.3. The van der Waals surface area contributed by atoms with E-state index in [1.807, 2.05) is 32.0 Å². The molecule has 0 aliphatic carbocycles. The molecule has 31 heavy (non-hydrogen) atoms. The second-order valence-corrected chi connectivity index (χ2v) is 8.61. The molecule has 1 N–H and O–H groups in total. The molecule has 6 nitrogen and oxygen atoms in total. The smallest absolute Gasteiger partial charge is 0.242 e. The van der Waals surface area contributed by atoms with Gasteiger partial charge >= 0.3 is 0 Å². The van der Waals surface area contributed by atoms with Gasteiger partial charge in [0.25, 0.3) is 0 Å². The van der Waals surface area contributed by atoms with Crippen LogP contribution in [0.5, 0.6) is 11.5 Å². The molecule has 2 aromatic carbocycles. The standard InChI is InChI=1S/C23H26Cl2N2O4/c1-14(2)26-23(29)15(3)27(12-17-4-7-18(24)19(25)10-17)22(28)9-6-16-5-8-20-21(11-16)31-13-30-20/h4-5,7-8,10-11,14-15H,6,9,12-13H2,1-3H3,(H,26,29). The molecule has 0 fully saturated rings. The van der Waals surface area contributed by atoms with Crippen LogP contribution in [-0.2, 0) is 22.6 Å². The van der Waals surface area contributed by atoms with E-state index in [1.54, 1.807) is 30.0 Å². The van der Waals surface area contributed by atoms with Gasteiger partial charge < -0.3 is 19.7 Å². The highest BCUT2D eigenvalue weighted by Gasteiger charge is 2.26. The Balaban J connectivity index is 1.74. The van der Waals surface area contributed by atoms with Crippen molar-refractivity contribution in [1.29, 1.82) is 0 Å². The Morgan fingerprint density at radius 3 is 2.42 bits per heavy atom. The number of hydrogen-bond acceptors (Lipinski definition) is 4. The summed E-state index contributed by atoms with van der Waals surface area (Å²) in [6, 6.07) is 10.2. The van der Waals surface area contributed by atoms with E-state index in [4.69, 9.17) is 32.7 Å². The number of carbonyl (C=O) groups excluding carboxylic acids is 2. The van der Waals surface area contributed by atoms with E-state index >= 15 is 0 Å². The number of aryl methyl sites for hydroxylation is 1. The first-order valence-electron chi connectivity index (χ1n) is 10.2. The zero-order chi connectivity index (χ0) is 22.5. The molecule has 0 radical (unpaired) electrons. The van der Waals surface area contributed by atoms with E-state index in [1.165, 1.54) is 0 Å². The Kier molecular flexibility index (Phi) is 7.68. The lowest BCUT2D eigenvalue weighted by atomic mass is 10.1. The summed E-state index contributed by atoms with van der Waals surface area (Å²) in [6.45, 7) is 5.96. The third kappa shape index (κ3) is 6.05. The number of nitrogens with one attached hydrogen (secondary N) is 1. The molecule has 0 aromatic heterocycles. The molecule has 166 valence electrons.